The third kappa shape index (κ3) is 4.31. The molecule has 1 aromatic carbocycles. The first-order valence-corrected chi connectivity index (χ1v) is 6.42. The zero-order valence-electron chi connectivity index (χ0n) is 11.1. The average molecular weight is 374 g/mol. The first kappa shape index (κ1) is 17.7. The van der Waals surface area contributed by atoms with Crippen LogP contribution in [0.1, 0.15) is 11.1 Å². The smallest absolute Gasteiger partial charge is 0.490 e. The predicted octanol–water partition coefficient (Wildman–Crippen LogP) is 2.84. The van der Waals surface area contributed by atoms with Crippen molar-refractivity contribution in [2.75, 3.05) is 7.11 Å². The van der Waals surface area contributed by atoms with Gasteiger partial charge >= 0.3 is 12.1 Å². The number of hydrogen-bond donors (Lipinski definition) is 1. The molecule has 0 saturated heterocycles. The number of ether oxygens (including phenoxy) is 2. The lowest BCUT2D eigenvalue weighted by Gasteiger charge is -2.18. The number of methoxy groups -OCH3 is 1. The fourth-order valence-corrected chi connectivity index (χ4v) is 2.18. The molecule has 1 aromatic rings. The molecule has 0 bridgehead atoms. The Bertz CT molecular complexity index is 548. The molecule has 0 aliphatic carbocycles. The monoisotopic (exact) mass is 373 g/mol. The second kappa shape index (κ2) is 6.61. The molecule has 0 aliphatic heterocycles. The first-order chi connectivity index (χ1) is 9.57. The molecule has 4 nitrogen and oxygen atoms in total. The van der Waals surface area contributed by atoms with E-state index < -0.39 is 24.2 Å². The van der Waals surface area contributed by atoms with Crippen molar-refractivity contribution in [3.05, 3.63) is 27.5 Å². The molecular formula is C12H12BrF4NO3. The van der Waals surface area contributed by atoms with Crippen LogP contribution in [0.3, 0.4) is 0 Å². The van der Waals surface area contributed by atoms with Gasteiger partial charge in [-0.2, -0.15) is 13.2 Å². The summed E-state index contributed by atoms with van der Waals surface area (Å²) in [5.74, 6) is -2.78. The summed E-state index contributed by atoms with van der Waals surface area (Å²) in [6.07, 6.45) is -7.05. The Hall–Kier alpha value is -1.35. The highest BCUT2D eigenvalue weighted by Crippen LogP contribution is 2.34. The van der Waals surface area contributed by atoms with Gasteiger partial charge in [0.25, 0.3) is 0 Å². The van der Waals surface area contributed by atoms with E-state index in [9.17, 15) is 22.4 Å². The van der Waals surface area contributed by atoms with Crippen molar-refractivity contribution in [1.82, 2.24) is 0 Å². The Labute approximate surface area is 126 Å². The summed E-state index contributed by atoms with van der Waals surface area (Å²) in [6.45, 7) is 1.50. The minimum absolute atomic E-state index is 0.176. The van der Waals surface area contributed by atoms with E-state index >= 15 is 0 Å². The van der Waals surface area contributed by atoms with Gasteiger partial charge in [0.1, 0.15) is 11.6 Å². The van der Waals surface area contributed by atoms with Crippen LogP contribution in [-0.4, -0.2) is 25.5 Å². The van der Waals surface area contributed by atoms with Crippen molar-refractivity contribution in [2.24, 2.45) is 5.73 Å². The third-order valence-electron chi connectivity index (χ3n) is 2.59. The SMILES string of the molecule is COc1c(CC(N)OC(=O)C(F)(F)F)cc(F)c(C)c1Br. The molecule has 0 amide bonds. The van der Waals surface area contributed by atoms with Gasteiger partial charge in [-0.3, -0.25) is 5.73 Å². The normalized spacial score (nSPS) is 13.0. The van der Waals surface area contributed by atoms with Crippen LogP contribution in [0.5, 0.6) is 5.75 Å². The Balaban J connectivity index is 2.95. The Morgan fingerprint density at radius 3 is 2.52 bits per heavy atom. The van der Waals surface area contributed by atoms with E-state index in [0.717, 1.165) is 6.07 Å². The maximum absolute atomic E-state index is 13.6. The molecule has 2 N–H and O–H groups in total. The maximum Gasteiger partial charge on any atom is 0.490 e. The lowest BCUT2D eigenvalue weighted by atomic mass is 10.1. The Kier molecular flexibility index (Phi) is 5.57. The van der Waals surface area contributed by atoms with Gasteiger partial charge in [0.15, 0.2) is 6.23 Å². The van der Waals surface area contributed by atoms with Crippen molar-refractivity contribution >= 4 is 21.9 Å². The minimum Gasteiger partial charge on any atom is -0.495 e. The molecule has 0 heterocycles. The van der Waals surface area contributed by atoms with Gasteiger partial charge in [0.05, 0.1) is 11.6 Å². The van der Waals surface area contributed by atoms with E-state index in [-0.39, 0.29) is 23.3 Å². The van der Waals surface area contributed by atoms with E-state index in [0.29, 0.717) is 4.47 Å². The summed E-state index contributed by atoms with van der Waals surface area (Å²) in [6, 6.07) is 1.07. The van der Waals surface area contributed by atoms with Crippen molar-refractivity contribution in [3.8, 4) is 5.75 Å². The van der Waals surface area contributed by atoms with Crippen LogP contribution in [0, 0.1) is 12.7 Å². The number of alkyl halides is 3. The second-order valence-electron chi connectivity index (χ2n) is 4.14. The molecule has 118 valence electrons. The number of rotatable bonds is 4. The zero-order valence-corrected chi connectivity index (χ0v) is 12.6. The molecule has 0 aliphatic rings. The number of halogens is 5. The van der Waals surface area contributed by atoms with Crippen molar-refractivity contribution in [1.29, 1.82) is 0 Å². The van der Waals surface area contributed by atoms with Gasteiger partial charge < -0.3 is 9.47 Å². The van der Waals surface area contributed by atoms with E-state index in [1.807, 2.05) is 0 Å². The number of benzene rings is 1. The molecule has 1 unspecified atom stereocenters. The van der Waals surface area contributed by atoms with Gasteiger partial charge in [-0.15, -0.1) is 0 Å². The van der Waals surface area contributed by atoms with E-state index in [1.54, 1.807) is 0 Å². The van der Waals surface area contributed by atoms with E-state index in [2.05, 4.69) is 20.7 Å². The molecule has 9 heteroatoms. The zero-order chi connectivity index (χ0) is 16.4. The highest BCUT2D eigenvalue weighted by atomic mass is 79.9. The number of carbonyl (C=O) groups excluding carboxylic acids is 1. The topological polar surface area (TPSA) is 61.6 Å². The maximum atomic E-state index is 13.6. The summed E-state index contributed by atoms with van der Waals surface area (Å²) in [7, 11) is 1.31. The summed E-state index contributed by atoms with van der Waals surface area (Å²) in [5.41, 5.74) is 5.78. The largest absolute Gasteiger partial charge is 0.495 e. The van der Waals surface area contributed by atoms with Crippen LogP contribution in [0.2, 0.25) is 0 Å². The summed E-state index contributed by atoms with van der Waals surface area (Å²) < 4.78 is 59.2. The second-order valence-corrected chi connectivity index (χ2v) is 4.93. The fraction of sp³-hybridized carbons (Fsp3) is 0.417. The van der Waals surface area contributed by atoms with Gasteiger partial charge in [-0.1, -0.05) is 0 Å². The van der Waals surface area contributed by atoms with E-state index in [4.69, 9.17) is 10.5 Å². The van der Waals surface area contributed by atoms with Gasteiger partial charge in [-0.25, -0.2) is 9.18 Å². The van der Waals surface area contributed by atoms with Crippen LogP contribution in [-0.2, 0) is 16.0 Å². The average Bonchev–Trinajstić information content (AvgIpc) is 2.35. The number of nitrogens with two attached hydrogens (primary N) is 1. The third-order valence-corrected chi connectivity index (χ3v) is 3.55. The van der Waals surface area contributed by atoms with Gasteiger partial charge in [-0.05, 0) is 28.9 Å². The van der Waals surface area contributed by atoms with Gasteiger partial charge in [0, 0.05) is 17.5 Å². The molecule has 21 heavy (non-hydrogen) atoms. The minimum atomic E-state index is -5.14. The van der Waals surface area contributed by atoms with Gasteiger partial charge in [0.2, 0.25) is 0 Å². The lowest BCUT2D eigenvalue weighted by Crippen LogP contribution is -2.36. The van der Waals surface area contributed by atoms with E-state index in [1.165, 1.54) is 14.0 Å². The van der Waals surface area contributed by atoms with Crippen LogP contribution in [0.4, 0.5) is 17.6 Å². The summed E-state index contributed by atoms with van der Waals surface area (Å²) >= 11 is 3.12. The van der Waals surface area contributed by atoms with Crippen LogP contribution >= 0.6 is 15.9 Å². The fourth-order valence-electron chi connectivity index (χ4n) is 1.58. The van der Waals surface area contributed by atoms with Crippen molar-refractivity contribution in [3.63, 3.8) is 0 Å². The highest BCUT2D eigenvalue weighted by Gasteiger charge is 2.42. The van der Waals surface area contributed by atoms with Crippen molar-refractivity contribution < 1.29 is 31.8 Å². The molecule has 1 atom stereocenters. The Morgan fingerprint density at radius 2 is 2.05 bits per heavy atom. The first-order valence-electron chi connectivity index (χ1n) is 5.62. The number of hydrogen-bond acceptors (Lipinski definition) is 4. The lowest BCUT2D eigenvalue weighted by molar-refractivity contribution is -0.204. The molecule has 0 aromatic heterocycles. The molecule has 0 radical (unpaired) electrons. The standard InChI is InChI=1S/C12H12BrF4NO3/c1-5-7(14)3-6(10(20-2)9(5)13)4-8(18)21-11(19)12(15,16)17/h3,8H,4,18H2,1-2H3. The predicted molar refractivity (Wildman–Crippen MR) is 69.2 cm³/mol. The molecule has 1 rings (SSSR count). The summed E-state index contributed by atoms with van der Waals surface area (Å²) in [4.78, 5) is 10.7. The van der Waals surface area contributed by atoms with Crippen molar-refractivity contribution in [2.45, 2.75) is 25.7 Å². The number of carbonyl (C=O) groups is 1. The van der Waals surface area contributed by atoms with Crippen LogP contribution in [0.15, 0.2) is 10.5 Å². The molecule has 0 saturated carbocycles. The highest BCUT2D eigenvalue weighted by molar-refractivity contribution is 9.10. The molecular weight excluding hydrogens is 362 g/mol. The van der Waals surface area contributed by atoms with Crippen LogP contribution < -0.4 is 10.5 Å². The quantitative estimate of drug-likeness (QED) is 0.500. The molecule has 0 fully saturated rings. The van der Waals surface area contributed by atoms with Crippen LogP contribution in [0.25, 0.3) is 0 Å². The Morgan fingerprint density at radius 1 is 1.48 bits per heavy atom. The number of esters is 1. The summed E-state index contributed by atoms with van der Waals surface area (Å²) in [5, 5.41) is 0. The molecule has 0 spiro atoms.